The van der Waals surface area contributed by atoms with Crippen molar-refractivity contribution in [1.29, 1.82) is 0 Å². The van der Waals surface area contributed by atoms with E-state index in [1.165, 1.54) is 4.88 Å². The normalized spacial score (nSPS) is 14.5. The molecule has 0 aliphatic carbocycles. The molecule has 0 amide bonds. The highest BCUT2D eigenvalue weighted by Crippen LogP contribution is 2.24. The van der Waals surface area contributed by atoms with Crippen LogP contribution < -0.4 is 0 Å². The van der Waals surface area contributed by atoms with Crippen LogP contribution in [0.15, 0.2) is 47.8 Å². The minimum Gasteiger partial charge on any atom is -0.388 e. The fourth-order valence-corrected chi connectivity index (χ4v) is 2.96. The highest BCUT2D eigenvalue weighted by Gasteiger charge is 2.14. The summed E-state index contributed by atoms with van der Waals surface area (Å²) in [6.07, 6.45) is 0.384. The first kappa shape index (κ1) is 14.3. The molecule has 1 aromatic carbocycles. The molecule has 2 unspecified atom stereocenters. The number of benzene rings is 1. The summed E-state index contributed by atoms with van der Waals surface area (Å²) in [6, 6.07) is 14.5. The predicted octanol–water partition coefficient (Wildman–Crippen LogP) is 3.86. The standard InChI is InChI=1S/C16H21NOS/c1-13(16-9-6-12-19-16)17(2)11-10-15(18)14-7-4-3-5-8-14/h3-9,12-13,15,18H,10-11H2,1-2H3. The van der Waals surface area contributed by atoms with E-state index in [2.05, 4.69) is 36.4 Å². The largest absolute Gasteiger partial charge is 0.388 e. The average molecular weight is 275 g/mol. The van der Waals surface area contributed by atoms with Gasteiger partial charge in [-0.1, -0.05) is 36.4 Å². The Kier molecular flexibility index (Phi) is 5.14. The second-order valence-corrected chi connectivity index (χ2v) is 5.87. The van der Waals surface area contributed by atoms with Crippen LogP contribution in [-0.4, -0.2) is 23.6 Å². The van der Waals surface area contributed by atoms with E-state index in [-0.39, 0.29) is 6.10 Å². The maximum Gasteiger partial charge on any atom is 0.0802 e. The van der Waals surface area contributed by atoms with E-state index in [9.17, 15) is 5.11 Å². The summed E-state index contributed by atoms with van der Waals surface area (Å²) in [7, 11) is 2.11. The number of thiophene rings is 1. The minimum absolute atomic E-state index is 0.376. The first-order valence-corrected chi connectivity index (χ1v) is 7.53. The number of aliphatic hydroxyl groups excluding tert-OH is 1. The lowest BCUT2D eigenvalue weighted by Gasteiger charge is -2.25. The van der Waals surface area contributed by atoms with E-state index in [1.54, 1.807) is 11.3 Å². The molecular formula is C16H21NOS. The fraction of sp³-hybridized carbons (Fsp3) is 0.375. The molecular weight excluding hydrogens is 254 g/mol. The molecule has 0 saturated carbocycles. The lowest BCUT2D eigenvalue weighted by Crippen LogP contribution is -2.24. The smallest absolute Gasteiger partial charge is 0.0802 e. The van der Waals surface area contributed by atoms with Crippen LogP contribution in [0.1, 0.15) is 35.9 Å². The summed E-state index contributed by atoms with van der Waals surface area (Å²) >= 11 is 1.79. The van der Waals surface area contributed by atoms with Crippen molar-refractivity contribution in [2.75, 3.05) is 13.6 Å². The van der Waals surface area contributed by atoms with Crippen molar-refractivity contribution in [3.63, 3.8) is 0 Å². The molecule has 2 rings (SSSR count). The monoisotopic (exact) mass is 275 g/mol. The molecule has 2 aromatic rings. The SMILES string of the molecule is CC(c1cccs1)N(C)CCC(O)c1ccccc1. The summed E-state index contributed by atoms with van der Waals surface area (Å²) in [6.45, 7) is 3.09. The van der Waals surface area contributed by atoms with Crippen LogP contribution in [-0.2, 0) is 0 Å². The maximum absolute atomic E-state index is 10.2. The lowest BCUT2D eigenvalue weighted by atomic mass is 10.1. The van der Waals surface area contributed by atoms with Crippen molar-refractivity contribution < 1.29 is 5.11 Å². The maximum atomic E-state index is 10.2. The third-order valence-electron chi connectivity index (χ3n) is 3.56. The Labute approximate surface area is 119 Å². The van der Waals surface area contributed by atoms with Crippen LogP contribution >= 0.6 is 11.3 Å². The molecule has 0 aliphatic heterocycles. The van der Waals surface area contributed by atoms with Gasteiger partial charge >= 0.3 is 0 Å². The van der Waals surface area contributed by atoms with E-state index < -0.39 is 0 Å². The second-order valence-electron chi connectivity index (χ2n) is 4.89. The fourth-order valence-electron chi connectivity index (χ4n) is 2.11. The number of nitrogens with zero attached hydrogens (tertiary/aromatic N) is 1. The number of hydrogen-bond acceptors (Lipinski definition) is 3. The highest BCUT2D eigenvalue weighted by molar-refractivity contribution is 7.10. The van der Waals surface area contributed by atoms with Crippen LogP contribution in [0, 0.1) is 0 Å². The third kappa shape index (κ3) is 3.90. The zero-order chi connectivity index (χ0) is 13.7. The molecule has 1 N–H and O–H groups in total. The quantitative estimate of drug-likeness (QED) is 0.865. The first-order chi connectivity index (χ1) is 9.18. The summed E-state index contributed by atoms with van der Waals surface area (Å²) in [5.74, 6) is 0. The Morgan fingerprint density at radius 3 is 2.53 bits per heavy atom. The Hall–Kier alpha value is -1.16. The molecule has 1 aromatic heterocycles. The van der Waals surface area contributed by atoms with Gasteiger partial charge in [0, 0.05) is 17.5 Å². The molecule has 0 aliphatic rings. The van der Waals surface area contributed by atoms with Gasteiger partial charge in [0.1, 0.15) is 0 Å². The van der Waals surface area contributed by atoms with Gasteiger partial charge in [-0.15, -0.1) is 11.3 Å². The minimum atomic E-state index is -0.376. The van der Waals surface area contributed by atoms with E-state index in [1.807, 2.05) is 30.3 Å². The molecule has 2 nitrogen and oxygen atoms in total. The van der Waals surface area contributed by atoms with Gasteiger partial charge in [0.2, 0.25) is 0 Å². The van der Waals surface area contributed by atoms with Gasteiger partial charge in [0.25, 0.3) is 0 Å². The summed E-state index contributed by atoms with van der Waals surface area (Å²) in [5.41, 5.74) is 1.000. The Balaban J connectivity index is 1.85. The van der Waals surface area contributed by atoms with Crippen molar-refractivity contribution >= 4 is 11.3 Å². The Bertz CT molecular complexity index is 469. The zero-order valence-corrected chi connectivity index (χ0v) is 12.3. The summed E-state index contributed by atoms with van der Waals surface area (Å²) in [5, 5.41) is 12.3. The zero-order valence-electron chi connectivity index (χ0n) is 11.5. The van der Waals surface area contributed by atoms with Gasteiger partial charge in [-0.2, -0.15) is 0 Å². The van der Waals surface area contributed by atoms with Gasteiger partial charge in [-0.3, -0.25) is 4.90 Å². The van der Waals surface area contributed by atoms with Gasteiger partial charge in [0.15, 0.2) is 0 Å². The third-order valence-corrected chi connectivity index (χ3v) is 4.60. The molecule has 1 heterocycles. The number of hydrogen-bond donors (Lipinski definition) is 1. The molecule has 0 radical (unpaired) electrons. The predicted molar refractivity (Wildman–Crippen MR) is 81.4 cm³/mol. The molecule has 0 saturated heterocycles. The molecule has 0 bridgehead atoms. The van der Waals surface area contributed by atoms with Crippen LogP contribution in [0.5, 0.6) is 0 Å². The molecule has 102 valence electrons. The second kappa shape index (κ2) is 6.85. The van der Waals surface area contributed by atoms with Gasteiger partial charge < -0.3 is 5.11 Å². The van der Waals surface area contributed by atoms with Crippen molar-refractivity contribution in [2.45, 2.75) is 25.5 Å². The van der Waals surface area contributed by atoms with Crippen LogP contribution in [0.4, 0.5) is 0 Å². The van der Waals surface area contributed by atoms with E-state index >= 15 is 0 Å². The van der Waals surface area contributed by atoms with Gasteiger partial charge in [-0.05, 0) is 37.4 Å². The molecule has 3 heteroatoms. The van der Waals surface area contributed by atoms with Crippen LogP contribution in [0.3, 0.4) is 0 Å². The van der Waals surface area contributed by atoms with E-state index in [0.29, 0.717) is 6.04 Å². The lowest BCUT2D eigenvalue weighted by molar-refractivity contribution is 0.139. The number of rotatable bonds is 6. The Morgan fingerprint density at radius 1 is 1.16 bits per heavy atom. The summed E-state index contributed by atoms with van der Waals surface area (Å²) < 4.78 is 0. The molecule has 2 atom stereocenters. The van der Waals surface area contributed by atoms with Crippen molar-refractivity contribution in [3.8, 4) is 0 Å². The Morgan fingerprint density at radius 2 is 1.89 bits per heavy atom. The molecule has 19 heavy (non-hydrogen) atoms. The van der Waals surface area contributed by atoms with Crippen molar-refractivity contribution in [3.05, 3.63) is 58.3 Å². The average Bonchev–Trinajstić information content (AvgIpc) is 2.98. The van der Waals surface area contributed by atoms with Crippen molar-refractivity contribution in [2.24, 2.45) is 0 Å². The van der Waals surface area contributed by atoms with Crippen molar-refractivity contribution in [1.82, 2.24) is 4.90 Å². The van der Waals surface area contributed by atoms with Gasteiger partial charge in [-0.25, -0.2) is 0 Å². The molecule has 0 spiro atoms. The van der Waals surface area contributed by atoms with Crippen LogP contribution in [0.2, 0.25) is 0 Å². The first-order valence-electron chi connectivity index (χ1n) is 6.65. The topological polar surface area (TPSA) is 23.5 Å². The van der Waals surface area contributed by atoms with Gasteiger partial charge in [0.05, 0.1) is 6.10 Å². The summed E-state index contributed by atoms with van der Waals surface area (Å²) in [4.78, 5) is 3.66. The highest BCUT2D eigenvalue weighted by atomic mass is 32.1. The molecule has 0 fully saturated rings. The number of aliphatic hydroxyl groups is 1. The van der Waals surface area contributed by atoms with E-state index in [0.717, 1.165) is 18.5 Å². The van der Waals surface area contributed by atoms with Crippen LogP contribution in [0.25, 0.3) is 0 Å². The van der Waals surface area contributed by atoms with E-state index in [4.69, 9.17) is 0 Å².